The topological polar surface area (TPSA) is 92.5 Å². The molecular formula is C18H15N3O5. The molecular weight excluding hydrogens is 338 g/mol. The van der Waals surface area contributed by atoms with Crippen molar-refractivity contribution in [1.29, 1.82) is 0 Å². The maximum absolute atomic E-state index is 12.1. The lowest BCUT2D eigenvalue weighted by molar-refractivity contribution is 0.392. The Kier molecular flexibility index (Phi) is 3.92. The van der Waals surface area contributed by atoms with Gasteiger partial charge in [-0.1, -0.05) is 17.3 Å². The molecule has 0 aliphatic heterocycles. The smallest absolute Gasteiger partial charge is 0.420 e. The van der Waals surface area contributed by atoms with Gasteiger partial charge >= 0.3 is 5.76 Å². The van der Waals surface area contributed by atoms with Crippen molar-refractivity contribution in [3.63, 3.8) is 0 Å². The van der Waals surface area contributed by atoms with E-state index in [4.69, 9.17) is 18.4 Å². The Morgan fingerprint density at radius 2 is 1.81 bits per heavy atom. The maximum Gasteiger partial charge on any atom is 0.420 e. The summed E-state index contributed by atoms with van der Waals surface area (Å²) in [5.74, 6) is 1.40. The summed E-state index contributed by atoms with van der Waals surface area (Å²) in [5, 5.41) is 3.96. The molecule has 0 fully saturated rings. The van der Waals surface area contributed by atoms with Gasteiger partial charge in [0.25, 0.3) is 5.89 Å². The Morgan fingerprint density at radius 1 is 1.08 bits per heavy atom. The van der Waals surface area contributed by atoms with E-state index in [-0.39, 0.29) is 6.54 Å². The number of methoxy groups -OCH3 is 2. The fraction of sp³-hybridized carbons (Fsp3) is 0.167. The predicted octanol–water partition coefficient (Wildman–Crippen LogP) is 2.71. The SMILES string of the molecule is COc1cc(OC)cc(-c2nc(Cn3c(=O)oc4ccccc43)no2)c1. The van der Waals surface area contributed by atoms with E-state index in [1.54, 1.807) is 50.6 Å². The quantitative estimate of drug-likeness (QED) is 0.544. The van der Waals surface area contributed by atoms with Crippen LogP contribution in [0.2, 0.25) is 0 Å². The number of ether oxygens (including phenoxy) is 2. The monoisotopic (exact) mass is 353 g/mol. The highest BCUT2D eigenvalue weighted by Gasteiger charge is 2.15. The zero-order chi connectivity index (χ0) is 18.1. The largest absolute Gasteiger partial charge is 0.497 e. The van der Waals surface area contributed by atoms with E-state index in [9.17, 15) is 4.79 Å². The van der Waals surface area contributed by atoms with Crippen LogP contribution >= 0.6 is 0 Å². The molecule has 0 aliphatic rings. The number of hydrogen-bond donors (Lipinski definition) is 0. The minimum Gasteiger partial charge on any atom is -0.497 e. The minimum atomic E-state index is -0.472. The van der Waals surface area contributed by atoms with Gasteiger partial charge in [0.2, 0.25) is 0 Å². The van der Waals surface area contributed by atoms with Crippen LogP contribution in [0, 0.1) is 0 Å². The van der Waals surface area contributed by atoms with Gasteiger partial charge in [0.05, 0.1) is 26.3 Å². The van der Waals surface area contributed by atoms with Gasteiger partial charge < -0.3 is 18.4 Å². The van der Waals surface area contributed by atoms with Gasteiger partial charge in [-0.15, -0.1) is 0 Å². The molecule has 8 nitrogen and oxygen atoms in total. The first-order chi connectivity index (χ1) is 12.7. The van der Waals surface area contributed by atoms with Crippen LogP contribution in [0.4, 0.5) is 0 Å². The van der Waals surface area contributed by atoms with E-state index in [2.05, 4.69) is 10.1 Å². The first-order valence-electron chi connectivity index (χ1n) is 7.82. The summed E-state index contributed by atoms with van der Waals surface area (Å²) in [4.78, 5) is 16.4. The van der Waals surface area contributed by atoms with E-state index in [1.807, 2.05) is 6.07 Å². The number of nitrogens with zero attached hydrogens (tertiary/aromatic N) is 3. The van der Waals surface area contributed by atoms with Crippen molar-refractivity contribution in [1.82, 2.24) is 14.7 Å². The van der Waals surface area contributed by atoms with Gasteiger partial charge in [-0.25, -0.2) is 4.79 Å². The summed E-state index contributed by atoms with van der Waals surface area (Å²) in [6.07, 6.45) is 0. The Morgan fingerprint density at radius 3 is 2.54 bits per heavy atom. The van der Waals surface area contributed by atoms with Crippen LogP contribution in [0.3, 0.4) is 0 Å². The molecule has 4 aromatic rings. The van der Waals surface area contributed by atoms with E-state index in [1.165, 1.54) is 4.57 Å². The number of oxazole rings is 1. The van der Waals surface area contributed by atoms with E-state index >= 15 is 0 Å². The summed E-state index contributed by atoms with van der Waals surface area (Å²) in [6, 6.07) is 12.4. The molecule has 0 bridgehead atoms. The number of para-hydroxylation sites is 2. The zero-order valence-electron chi connectivity index (χ0n) is 14.1. The summed E-state index contributed by atoms with van der Waals surface area (Å²) in [5.41, 5.74) is 1.84. The van der Waals surface area contributed by atoms with Gasteiger partial charge in [-0.2, -0.15) is 4.98 Å². The highest BCUT2D eigenvalue weighted by atomic mass is 16.5. The number of hydrogen-bond acceptors (Lipinski definition) is 7. The van der Waals surface area contributed by atoms with Crippen LogP contribution in [0.1, 0.15) is 5.82 Å². The van der Waals surface area contributed by atoms with Crippen LogP contribution in [0.15, 0.2) is 56.2 Å². The van der Waals surface area contributed by atoms with Crippen molar-refractivity contribution < 1.29 is 18.4 Å². The lowest BCUT2D eigenvalue weighted by atomic mass is 10.2. The Balaban J connectivity index is 1.68. The first-order valence-corrected chi connectivity index (χ1v) is 7.82. The molecule has 132 valence electrons. The van der Waals surface area contributed by atoms with Gasteiger partial charge in [0.1, 0.15) is 11.5 Å². The van der Waals surface area contributed by atoms with Gasteiger partial charge in [-0.05, 0) is 24.3 Å². The molecule has 0 radical (unpaired) electrons. The third kappa shape index (κ3) is 2.81. The molecule has 2 aromatic carbocycles. The molecule has 2 aromatic heterocycles. The Labute approximate surface area is 147 Å². The second kappa shape index (κ2) is 6.40. The van der Waals surface area contributed by atoms with Gasteiger partial charge in [-0.3, -0.25) is 4.57 Å². The molecule has 26 heavy (non-hydrogen) atoms. The summed E-state index contributed by atoms with van der Waals surface area (Å²) in [7, 11) is 3.13. The minimum absolute atomic E-state index is 0.139. The highest BCUT2D eigenvalue weighted by molar-refractivity contribution is 5.72. The highest BCUT2D eigenvalue weighted by Crippen LogP contribution is 2.28. The predicted molar refractivity (Wildman–Crippen MR) is 92.4 cm³/mol. The van der Waals surface area contributed by atoms with Crippen LogP contribution in [0.5, 0.6) is 11.5 Å². The lowest BCUT2D eigenvalue weighted by Gasteiger charge is -2.05. The molecule has 0 aliphatic carbocycles. The van der Waals surface area contributed by atoms with Gasteiger partial charge in [0, 0.05) is 11.6 Å². The molecule has 8 heteroatoms. The average Bonchev–Trinajstić information content (AvgIpc) is 3.26. The van der Waals surface area contributed by atoms with Crippen molar-refractivity contribution in [2.75, 3.05) is 14.2 Å². The van der Waals surface area contributed by atoms with Crippen molar-refractivity contribution >= 4 is 11.1 Å². The number of aromatic nitrogens is 3. The average molecular weight is 353 g/mol. The first kappa shape index (κ1) is 15.9. The molecule has 0 spiro atoms. The molecule has 0 N–H and O–H groups in total. The Bertz CT molecular complexity index is 1100. The molecule has 0 saturated carbocycles. The summed E-state index contributed by atoms with van der Waals surface area (Å²) >= 11 is 0. The third-order valence-electron chi connectivity index (χ3n) is 3.94. The van der Waals surface area contributed by atoms with E-state index in [0.717, 1.165) is 0 Å². The number of benzene rings is 2. The Hall–Kier alpha value is -3.55. The van der Waals surface area contributed by atoms with Crippen molar-refractivity contribution in [2.24, 2.45) is 0 Å². The number of fused-ring (bicyclic) bond motifs is 1. The molecule has 2 heterocycles. The normalized spacial score (nSPS) is 11.0. The van der Waals surface area contributed by atoms with Crippen LogP contribution in [-0.2, 0) is 6.54 Å². The summed E-state index contributed by atoms with van der Waals surface area (Å²) in [6.45, 7) is 0.139. The zero-order valence-corrected chi connectivity index (χ0v) is 14.1. The second-order valence-electron chi connectivity index (χ2n) is 5.54. The van der Waals surface area contributed by atoms with Crippen LogP contribution in [-0.4, -0.2) is 28.9 Å². The molecule has 0 saturated heterocycles. The fourth-order valence-corrected chi connectivity index (χ4v) is 2.67. The van der Waals surface area contributed by atoms with E-state index < -0.39 is 5.76 Å². The van der Waals surface area contributed by atoms with Crippen molar-refractivity contribution in [3.05, 3.63) is 58.8 Å². The summed E-state index contributed by atoms with van der Waals surface area (Å²) < 4.78 is 22.5. The fourth-order valence-electron chi connectivity index (χ4n) is 2.67. The third-order valence-corrected chi connectivity index (χ3v) is 3.94. The van der Waals surface area contributed by atoms with Crippen molar-refractivity contribution in [2.45, 2.75) is 6.54 Å². The van der Waals surface area contributed by atoms with Gasteiger partial charge in [0.15, 0.2) is 11.4 Å². The molecule has 0 atom stereocenters. The number of rotatable bonds is 5. The van der Waals surface area contributed by atoms with Crippen LogP contribution in [0.25, 0.3) is 22.6 Å². The molecule has 0 amide bonds. The molecule has 4 rings (SSSR count). The maximum atomic E-state index is 12.1. The second-order valence-corrected chi connectivity index (χ2v) is 5.54. The van der Waals surface area contributed by atoms with Crippen LogP contribution < -0.4 is 15.2 Å². The van der Waals surface area contributed by atoms with Crippen molar-refractivity contribution in [3.8, 4) is 23.0 Å². The lowest BCUT2D eigenvalue weighted by Crippen LogP contribution is -2.15. The molecule has 0 unspecified atom stereocenters. The van der Waals surface area contributed by atoms with E-state index in [0.29, 0.717) is 39.9 Å². The standard InChI is InChI=1S/C18H15N3O5/c1-23-12-7-11(8-13(9-12)24-2)17-19-16(20-26-17)10-21-14-5-3-4-6-15(14)25-18(21)22/h3-9H,10H2,1-2H3.